The number of rotatable bonds is 34. The number of amides is 2. The van der Waals surface area contributed by atoms with Crippen LogP contribution in [0.1, 0.15) is 133 Å². The number of furan rings is 1. The van der Waals surface area contributed by atoms with Gasteiger partial charge in [-0.25, -0.2) is 28.6 Å². The second-order valence-electron chi connectivity index (χ2n) is 18.3. The largest absolute Gasteiger partial charge is 0.481 e. The van der Waals surface area contributed by atoms with E-state index in [0.29, 0.717) is 12.2 Å². The summed E-state index contributed by atoms with van der Waals surface area (Å²) in [7, 11) is -16.4. The molecule has 0 aliphatic carbocycles. The molecule has 0 saturated carbocycles. The molecule has 0 bridgehead atoms. The Morgan fingerprint density at radius 1 is 0.861 bits per heavy atom. The predicted molar refractivity (Wildman–Crippen MR) is 264 cm³/mol. The lowest BCUT2D eigenvalue weighted by Gasteiger charge is -2.30. The van der Waals surface area contributed by atoms with Gasteiger partial charge in [-0.2, -0.15) is 4.31 Å². The van der Waals surface area contributed by atoms with Crippen LogP contribution in [0, 0.1) is 19.3 Å². The monoisotopic (exact) mass is 1100 g/mol. The summed E-state index contributed by atoms with van der Waals surface area (Å²) in [6.07, 6.45) is 7.98. The summed E-state index contributed by atoms with van der Waals surface area (Å²) in [5.74, 6) is 1.25. The van der Waals surface area contributed by atoms with Crippen molar-refractivity contribution in [2.45, 2.75) is 162 Å². The van der Waals surface area contributed by atoms with Gasteiger partial charge in [-0.3, -0.25) is 32.5 Å². The molecule has 0 spiro atoms. The highest BCUT2D eigenvalue weighted by molar-refractivity contribution is 8.13. The van der Waals surface area contributed by atoms with Gasteiger partial charge in [-0.05, 0) is 44.2 Å². The van der Waals surface area contributed by atoms with E-state index < -0.39 is 84.6 Å². The summed E-state index contributed by atoms with van der Waals surface area (Å²) in [6, 6.07) is 0. The number of ether oxygens (including phenoxy) is 1. The molecule has 25 nitrogen and oxygen atoms in total. The zero-order valence-corrected chi connectivity index (χ0v) is 44.9. The average molecular weight is 1100 g/mol. The van der Waals surface area contributed by atoms with Crippen molar-refractivity contribution >= 4 is 69.1 Å². The number of fused-ring (bicyclic) bond motifs is 1. The smallest absolute Gasteiger partial charge is 0.466 e. The van der Waals surface area contributed by atoms with Gasteiger partial charge < -0.3 is 55.3 Å². The second kappa shape index (κ2) is 28.7. The normalized spacial score (nSPS) is 19.5. The number of aliphatic hydroxyl groups is 2. The number of unbranched alkanes of at least 4 members (excludes halogenated alkanes) is 9. The number of nitrogens with two attached hydrogens (primary N) is 1. The number of imidazole rings is 1. The van der Waals surface area contributed by atoms with Crippen LogP contribution >= 0.6 is 35.2 Å². The molecule has 1 aliphatic rings. The molecule has 4 rings (SSSR count). The molecule has 3 aromatic heterocycles. The maximum absolute atomic E-state index is 12.8. The van der Waals surface area contributed by atoms with Crippen LogP contribution in [-0.4, -0.2) is 123 Å². The number of aryl methyl sites for hydroxylation is 2. The summed E-state index contributed by atoms with van der Waals surface area (Å²) >= 11 is 1.15. The number of hydrogen-bond acceptors (Lipinski definition) is 19. The molecule has 72 heavy (non-hydrogen) atoms. The topological polar surface area (TPSA) is 377 Å². The molecule has 0 aromatic carbocycles. The lowest BCUT2D eigenvalue weighted by Crippen LogP contribution is -2.46. The van der Waals surface area contributed by atoms with Crippen molar-refractivity contribution in [3.05, 3.63) is 35.3 Å². The van der Waals surface area contributed by atoms with E-state index in [0.717, 1.165) is 91.9 Å². The van der Waals surface area contributed by atoms with E-state index in [1.165, 1.54) is 57.1 Å². The zero-order valence-electron chi connectivity index (χ0n) is 41.4. The second-order valence-corrected chi connectivity index (χ2v) is 23.7. The Balaban J connectivity index is 1.04. The molecule has 1 fully saturated rings. The molecule has 2 amide bonds. The third-order valence-electron chi connectivity index (χ3n) is 11.9. The summed E-state index contributed by atoms with van der Waals surface area (Å²) in [4.78, 5) is 88.6. The minimum atomic E-state index is -5.58. The van der Waals surface area contributed by atoms with Crippen LogP contribution in [0.5, 0.6) is 0 Å². The van der Waals surface area contributed by atoms with Crippen LogP contribution in [0.3, 0.4) is 0 Å². The molecule has 408 valence electrons. The molecular formula is C43H72N7O18P3S. The quantitative estimate of drug-likeness (QED) is 0.0268. The van der Waals surface area contributed by atoms with Crippen molar-refractivity contribution < 1.29 is 84.9 Å². The number of carbonyl (C=O) groups excluding carboxylic acids is 3. The van der Waals surface area contributed by atoms with E-state index in [1.807, 2.05) is 0 Å². The summed E-state index contributed by atoms with van der Waals surface area (Å²) in [6.45, 7) is 7.05. The molecule has 29 heteroatoms. The van der Waals surface area contributed by atoms with Crippen molar-refractivity contribution in [3.63, 3.8) is 0 Å². The molecule has 0 radical (unpaired) electrons. The molecule has 10 N–H and O–H groups in total. The van der Waals surface area contributed by atoms with Crippen molar-refractivity contribution in [2.75, 3.05) is 37.8 Å². The highest BCUT2D eigenvalue weighted by Crippen LogP contribution is 2.61. The molecule has 4 heterocycles. The maximum Gasteiger partial charge on any atom is 0.481 e. The Morgan fingerprint density at radius 2 is 1.47 bits per heavy atom. The van der Waals surface area contributed by atoms with Gasteiger partial charge in [0.15, 0.2) is 22.8 Å². The van der Waals surface area contributed by atoms with Crippen molar-refractivity contribution in [1.29, 1.82) is 0 Å². The van der Waals surface area contributed by atoms with Crippen molar-refractivity contribution in [1.82, 2.24) is 30.2 Å². The Kier molecular flexibility index (Phi) is 24.4. The Hall–Kier alpha value is -3.16. The van der Waals surface area contributed by atoms with E-state index in [-0.39, 0.29) is 41.6 Å². The van der Waals surface area contributed by atoms with Crippen molar-refractivity contribution in [3.8, 4) is 0 Å². The highest BCUT2D eigenvalue weighted by atomic mass is 32.2. The maximum atomic E-state index is 12.8. The van der Waals surface area contributed by atoms with E-state index in [2.05, 4.69) is 55.2 Å². The number of nitrogens with one attached hydrogen (secondary N) is 2. The summed E-state index contributed by atoms with van der Waals surface area (Å²) < 4.78 is 68.6. The number of carbonyl (C=O) groups is 3. The Labute approximate surface area is 422 Å². The molecule has 7 unspecified atom stereocenters. The van der Waals surface area contributed by atoms with Crippen molar-refractivity contribution in [2.24, 2.45) is 5.41 Å². The fourth-order valence-corrected chi connectivity index (χ4v) is 11.3. The zero-order chi connectivity index (χ0) is 53.3. The van der Waals surface area contributed by atoms with Gasteiger partial charge in [0, 0.05) is 49.9 Å². The highest BCUT2D eigenvalue weighted by Gasteiger charge is 2.50. The van der Waals surface area contributed by atoms with Gasteiger partial charge >= 0.3 is 23.5 Å². The van der Waals surface area contributed by atoms with Gasteiger partial charge in [-0.1, -0.05) is 83.9 Å². The minimum Gasteiger partial charge on any atom is -0.466 e. The fraction of sp³-hybridized carbons (Fsp3) is 0.721. The molecule has 3 aromatic rings. The van der Waals surface area contributed by atoms with Crippen LogP contribution in [0.2, 0.25) is 0 Å². The number of nitrogen functional groups attached to an aromatic ring is 1. The van der Waals surface area contributed by atoms with E-state index in [1.54, 1.807) is 0 Å². The van der Waals surface area contributed by atoms with Gasteiger partial charge in [0.05, 0.1) is 19.5 Å². The number of hydrogen-bond donors (Lipinski definition) is 9. The summed E-state index contributed by atoms with van der Waals surface area (Å²) in [5, 5.41) is 26.7. The number of phosphoric ester groups is 3. The van der Waals surface area contributed by atoms with Gasteiger partial charge in [-0.15, -0.1) is 0 Å². The predicted octanol–water partition coefficient (Wildman–Crippen LogP) is 5.36. The Morgan fingerprint density at radius 3 is 2.11 bits per heavy atom. The van der Waals surface area contributed by atoms with Gasteiger partial charge in [0.2, 0.25) is 11.8 Å². The van der Waals surface area contributed by atoms with Gasteiger partial charge in [0.25, 0.3) is 0 Å². The number of anilines is 1. The SMILES string of the molecule is CCCc1oc(CCCCCCCCCCCCC(=O)SCCNC(=O)CCNC(=O)C(O)C(C)(C)COP(=O)(O)OP(=O)(O)OCC2OC(n3cnc4c(N)ncnc43)C(O)C2OP(=O)(O)O)c(C)c1C. The minimum absolute atomic E-state index is 0.0321. The third-order valence-corrected chi connectivity index (χ3v) is 16.0. The molecule has 7 atom stereocenters. The first kappa shape index (κ1) is 61.4. The number of phosphoric acid groups is 3. The van der Waals surface area contributed by atoms with Gasteiger partial charge in [0.1, 0.15) is 47.8 Å². The first-order chi connectivity index (χ1) is 33.8. The standard InChI is InChI=1S/C43H72N7O18P3S/c1-6-17-30-28(2)29(3)31(65-30)18-15-13-11-9-7-8-10-12-14-16-19-34(52)72-23-22-45-33(51)20-21-46-41(55)38(54)43(4,5)25-64-71(61,62)68-70(59,60)63-24-32-37(67-69(56,57)58)36(53)42(66-32)50-27-49-35-39(44)47-26-48-40(35)50/h26-27,32,36-38,42,53-54H,6-25H2,1-5H3,(H,45,51)(H,46,55)(H,59,60)(H,61,62)(H2,44,47,48)(H2,56,57,58). The third kappa shape index (κ3) is 19.8. The van der Waals surface area contributed by atoms with Crippen LogP contribution < -0.4 is 16.4 Å². The Bertz CT molecular complexity index is 2380. The van der Waals surface area contributed by atoms with Crippen LogP contribution in [0.25, 0.3) is 11.2 Å². The lowest BCUT2D eigenvalue weighted by atomic mass is 9.87. The van der Waals surface area contributed by atoms with E-state index in [9.17, 15) is 57.9 Å². The molecule has 1 aliphatic heterocycles. The molecular weight excluding hydrogens is 1030 g/mol. The first-order valence-electron chi connectivity index (χ1n) is 24.0. The van der Waals surface area contributed by atoms with Crippen LogP contribution in [-0.2, 0) is 63.5 Å². The number of thioether (sulfide) groups is 1. The van der Waals surface area contributed by atoms with E-state index in [4.69, 9.17) is 23.9 Å². The number of aliphatic hydroxyl groups excluding tert-OH is 2. The van der Waals surface area contributed by atoms with Crippen LogP contribution in [0.4, 0.5) is 5.82 Å². The lowest BCUT2D eigenvalue weighted by molar-refractivity contribution is -0.137. The van der Waals surface area contributed by atoms with Crippen LogP contribution in [0.15, 0.2) is 17.1 Å². The average Bonchev–Trinajstić information content (AvgIpc) is 3.95. The summed E-state index contributed by atoms with van der Waals surface area (Å²) in [5.41, 5.74) is 6.91. The molecule has 1 saturated heterocycles. The number of nitrogens with zero attached hydrogens (tertiary/aromatic N) is 4. The fourth-order valence-electron chi connectivity index (χ4n) is 7.76. The van der Waals surface area contributed by atoms with E-state index >= 15 is 0 Å². The first-order valence-corrected chi connectivity index (χ1v) is 29.5. The number of aromatic nitrogens is 4.